The Labute approximate surface area is 102 Å². The number of hydrogen-bond donors (Lipinski definition) is 2. The Morgan fingerprint density at radius 3 is 2.88 bits per heavy atom. The second-order valence-corrected chi connectivity index (χ2v) is 3.82. The van der Waals surface area contributed by atoms with Gasteiger partial charge in [0.15, 0.2) is 0 Å². The molecule has 4 nitrogen and oxygen atoms in total. The second kappa shape index (κ2) is 7.04. The molecule has 1 atom stereocenters. The van der Waals surface area contributed by atoms with Crippen LogP contribution in [0.3, 0.4) is 0 Å². The molecule has 0 fully saturated rings. The molecule has 0 aliphatic rings. The molecular weight excluding hydrogens is 216 g/mol. The molecule has 1 unspecified atom stereocenters. The maximum absolute atomic E-state index is 11.5. The van der Waals surface area contributed by atoms with E-state index in [9.17, 15) is 4.79 Å². The molecule has 0 heterocycles. The van der Waals surface area contributed by atoms with Gasteiger partial charge in [0, 0.05) is 18.3 Å². The van der Waals surface area contributed by atoms with Crippen LogP contribution in [-0.2, 0) is 9.53 Å². The minimum absolute atomic E-state index is 0.0995. The molecule has 17 heavy (non-hydrogen) atoms. The van der Waals surface area contributed by atoms with Crippen molar-refractivity contribution in [2.75, 3.05) is 25.6 Å². The SMILES string of the molecule is CCOCC(=O)Nc1cccc(C(C)NC)c1. The van der Waals surface area contributed by atoms with E-state index in [-0.39, 0.29) is 18.6 Å². The van der Waals surface area contributed by atoms with E-state index in [1.807, 2.05) is 38.2 Å². The fourth-order valence-corrected chi connectivity index (χ4v) is 1.44. The first kappa shape index (κ1) is 13.7. The third-order valence-corrected chi connectivity index (χ3v) is 2.54. The fourth-order valence-electron chi connectivity index (χ4n) is 1.44. The molecular formula is C13H20N2O2. The van der Waals surface area contributed by atoms with Gasteiger partial charge in [-0.05, 0) is 38.6 Å². The average molecular weight is 236 g/mol. The summed E-state index contributed by atoms with van der Waals surface area (Å²) >= 11 is 0. The molecule has 2 N–H and O–H groups in total. The van der Waals surface area contributed by atoms with Crippen molar-refractivity contribution in [2.24, 2.45) is 0 Å². The number of ether oxygens (including phenoxy) is 1. The Kier molecular flexibility index (Phi) is 5.66. The number of amides is 1. The van der Waals surface area contributed by atoms with Crippen molar-refractivity contribution >= 4 is 11.6 Å². The van der Waals surface area contributed by atoms with E-state index in [1.165, 1.54) is 0 Å². The predicted molar refractivity (Wildman–Crippen MR) is 69.0 cm³/mol. The third kappa shape index (κ3) is 4.54. The van der Waals surface area contributed by atoms with Crippen molar-refractivity contribution in [2.45, 2.75) is 19.9 Å². The summed E-state index contributed by atoms with van der Waals surface area (Å²) in [4.78, 5) is 11.5. The van der Waals surface area contributed by atoms with Crippen molar-refractivity contribution in [3.05, 3.63) is 29.8 Å². The lowest BCUT2D eigenvalue weighted by atomic mass is 10.1. The van der Waals surface area contributed by atoms with Crippen LogP contribution in [0.25, 0.3) is 0 Å². The zero-order chi connectivity index (χ0) is 12.7. The van der Waals surface area contributed by atoms with Crippen molar-refractivity contribution < 1.29 is 9.53 Å². The lowest BCUT2D eigenvalue weighted by Gasteiger charge is -2.12. The molecule has 0 aliphatic carbocycles. The molecule has 4 heteroatoms. The summed E-state index contributed by atoms with van der Waals surface area (Å²) in [6.07, 6.45) is 0. The van der Waals surface area contributed by atoms with Crippen LogP contribution in [-0.4, -0.2) is 26.2 Å². The topological polar surface area (TPSA) is 50.4 Å². The number of carbonyl (C=O) groups excluding carboxylic acids is 1. The van der Waals surface area contributed by atoms with Crippen LogP contribution in [0.2, 0.25) is 0 Å². The van der Waals surface area contributed by atoms with Gasteiger partial charge in [0.1, 0.15) is 6.61 Å². The molecule has 1 rings (SSSR count). The summed E-state index contributed by atoms with van der Waals surface area (Å²) < 4.78 is 5.04. The number of benzene rings is 1. The summed E-state index contributed by atoms with van der Waals surface area (Å²) in [6, 6.07) is 8.05. The van der Waals surface area contributed by atoms with Gasteiger partial charge in [0.05, 0.1) is 0 Å². The highest BCUT2D eigenvalue weighted by Gasteiger charge is 2.05. The normalized spacial score (nSPS) is 12.2. The number of rotatable bonds is 6. The Morgan fingerprint density at radius 1 is 1.47 bits per heavy atom. The Morgan fingerprint density at radius 2 is 2.24 bits per heavy atom. The van der Waals surface area contributed by atoms with Crippen LogP contribution in [0.1, 0.15) is 25.5 Å². The van der Waals surface area contributed by atoms with E-state index in [0.29, 0.717) is 6.61 Å². The van der Waals surface area contributed by atoms with Crippen molar-refractivity contribution in [3.8, 4) is 0 Å². The lowest BCUT2D eigenvalue weighted by molar-refractivity contribution is -0.120. The number of hydrogen-bond acceptors (Lipinski definition) is 3. The molecule has 0 saturated heterocycles. The maximum atomic E-state index is 11.5. The molecule has 0 radical (unpaired) electrons. The number of nitrogens with one attached hydrogen (secondary N) is 2. The van der Waals surface area contributed by atoms with Gasteiger partial charge in [0.2, 0.25) is 5.91 Å². The first-order valence-corrected chi connectivity index (χ1v) is 5.82. The van der Waals surface area contributed by atoms with Crippen LogP contribution >= 0.6 is 0 Å². The van der Waals surface area contributed by atoms with Crippen LogP contribution in [0.5, 0.6) is 0 Å². The van der Waals surface area contributed by atoms with Crippen LogP contribution < -0.4 is 10.6 Å². The van der Waals surface area contributed by atoms with Gasteiger partial charge in [-0.15, -0.1) is 0 Å². The van der Waals surface area contributed by atoms with Gasteiger partial charge in [0.25, 0.3) is 0 Å². The van der Waals surface area contributed by atoms with E-state index in [0.717, 1.165) is 11.3 Å². The zero-order valence-corrected chi connectivity index (χ0v) is 10.6. The van der Waals surface area contributed by atoms with E-state index < -0.39 is 0 Å². The summed E-state index contributed by atoms with van der Waals surface area (Å²) in [6.45, 7) is 4.58. The van der Waals surface area contributed by atoms with Crippen molar-refractivity contribution in [1.29, 1.82) is 0 Å². The van der Waals surface area contributed by atoms with E-state index in [2.05, 4.69) is 17.6 Å². The monoisotopic (exact) mass is 236 g/mol. The maximum Gasteiger partial charge on any atom is 0.250 e. The van der Waals surface area contributed by atoms with Gasteiger partial charge in [-0.25, -0.2) is 0 Å². The standard InChI is InChI=1S/C13H20N2O2/c1-4-17-9-13(16)15-12-7-5-6-11(8-12)10(2)14-3/h5-8,10,14H,4,9H2,1-3H3,(H,15,16). The van der Waals surface area contributed by atoms with E-state index in [1.54, 1.807) is 0 Å². The van der Waals surface area contributed by atoms with Crippen molar-refractivity contribution in [3.63, 3.8) is 0 Å². The number of anilines is 1. The summed E-state index contributed by atoms with van der Waals surface area (Å²) in [5, 5.41) is 5.96. The van der Waals surface area contributed by atoms with E-state index in [4.69, 9.17) is 4.74 Å². The van der Waals surface area contributed by atoms with Gasteiger partial charge >= 0.3 is 0 Å². The second-order valence-electron chi connectivity index (χ2n) is 3.82. The van der Waals surface area contributed by atoms with Crippen LogP contribution in [0, 0.1) is 0 Å². The summed E-state index contributed by atoms with van der Waals surface area (Å²) in [5.74, 6) is -0.124. The van der Waals surface area contributed by atoms with Gasteiger partial charge in [-0.1, -0.05) is 12.1 Å². The highest BCUT2D eigenvalue weighted by Crippen LogP contribution is 2.16. The zero-order valence-electron chi connectivity index (χ0n) is 10.6. The Hall–Kier alpha value is -1.39. The largest absolute Gasteiger partial charge is 0.372 e. The van der Waals surface area contributed by atoms with E-state index >= 15 is 0 Å². The highest BCUT2D eigenvalue weighted by atomic mass is 16.5. The van der Waals surface area contributed by atoms with Gasteiger partial charge in [-0.2, -0.15) is 0 Å². The summed E-state index contributed by atoms with van der Waals surface area (Å²) in [7, 11) is 1.91. The molecule has 0 aromatic heterocycles. The Balaban J connectivity index is 2.62. The first-order chi connectivity index (χ1) is 8.17. The van der Waals surface area contributed by atoms with Crippen molar-refractivity contribution in [1.82, 2.24) is 5.32 Å². The number of carbonyl (C=O) groups is 1. The molecule has 1 aromatic rings. The predicted octanol–water partition coefficient (Wildman–Crippen LogP) is 1.94. The summed E-state index contributed by atoms with van der Waals surface area (Å²) in [5.41, 5.74) is 1.94. The molecule has 0 saturated carbocycles. The third-order valence-electron chi connectivity index (χ3n) is 2.54. The highest BCUT2D eigenvalue weighted by molar-refractivity contribution is 5.91. The van der Waals surface area contributed by atoms with Crippen LogP contribution in [0.4, 0.5) is 5.69 Å². The van der Waals surface area contributed by atoms with Crippen LogP contribution in [0.15, 0.2) is 24.3 Å². The average Bonchev–Trinajstić information content (AvgIpc) is 2.35. The molecule has 0 bridgehead atoms. The molecule has 1 aromatic carbocycles. The fraction of sp³-hybridized carbons (Fsp3) is 0.462. The minimum Gasteiger partial charge on any atom is -0.372 e. The molecule has 0 spiro atoms. The van der Waals surface area contributed by atoms with Gasteiger partial charge < -0.3 is 15.4 Å². The molecule has 0 aliphatic heterocycles. The molecule has 1 amide bonds. The lowest BCUT2D eigenvalue weighted by Crippen LogP contribution is -2.18. The Bertz CT molecular complexity index is 366. The molecule has 94 valence electrons. The van der Waals surface area contributed by atoms with Gasteiger partial charge in [-0.3, -0.25) is 4.79 Å². The minimum atomic E-state index is -0.124. The first-order valence-electron chi connectivity index (χ1n) is 5.82. The quantitative estimate of drug-likeness (QED) is 0.793. The smallest absolute Gasteiger partial charge is 0.250 e.